The molecule has 1 heterocycles. The molecule has 110 valence electrons. The molecule has 2 fully saturated rings. The summed E-state index contributed by atoms with van der Waals surface area (Å²) in [4.78, 5) is 4.95. The third-order valence-electron chi connectivity index (χ3n) is 4.52. The number of hydrogen-bond acceptors (Lipinski definition) is 3. The zero-order chi connectivity index (χ0) is 14.3. The van der Waals surface area contributed by atoms with Crippen LogP contribution in [0.1, 0.15) is 36.9 Å². The monoisotopic (exact) mass is 277 g/mol. The van der Waals surface area contributed by atoms with Crippen molar-refractivity contribution in [1.29, 1.82) is 0 Å². The summed E-state index contributed by atoms with van der Waals surface area (Å²) in [7, 11) is 0. The minimum atomic E-state index is -0.155. The van der Waals surface area contributed by atoms with E-state index in [9.17, 15) is 4.39 Å². The van der Waals surface area contributed by atoms with Crippen LogP contribution in [0.3, 0.4) is 0 Å². The first-order valence-corrected chi connectivity index (χ1v) is 7.61. The van der Waals surface area contributed by atoms with Crippen molar-refractivity contribution in [3.63, 3.8) is 0 Å². The van der Waals surface area contributed by atoms with E-state index in [2.05, 4.69) is 9.80 Å². The van der Waals surface area contributed by atoms with Gasteiger partial charge in [0.05, 0.1) is 0 Å². The molecule has 4 heteroatoms. The molecule has 3 nitrogen and oxygen atoms in total. The Bertz CT molecular complexity index is 489. The summed E-state index contributed by atoms with van der Waals surface area (Å²) in [6.45, 7) is 8.00. The van der Waals surface area contributed by atoms with Crippen molar-refractivity contribution in [2.24, 2.45) is 5.73 Å². The summed E-state index contributed by atoms with van der Waals surface area (Å²) in [5, 5.41) is 0. The molecule has 1 aromatic rings. The average molecular weight is 277 g/mol. The van der Waals surface area contributed by atoms with Gasteiger partial charge in [-0.05, 0) is 49.9 Å². The fraction of sp³-hybridized carbons (Fsp3) is 0.625. The maximum absolute atomic E-state index is 13.8. The number of halogens is 1. The highest BCUT2D eigenvalue weighted by molar-refractivity contribution is 5.57. The molecule has 0 aromatic heterocycles. The van der Waals surface area contributed by atoms with E-state index in [0.717, 1.165) is 43.5 Å². The molecule has 1 unspecified atom stereocenters. The number of nitrogens with two attached hydrogens (primary N) is 1. The molecule has 1 atom stereocenters. The van der Waals surface area contributed by atoms with Crippen molar-refractivity contribution in [3.05, 3.63) is 29.1 Å². The summed E-state index contributed by atoms with van der Waals surface area (Å²) < 4.78 is 13.8. The number of anilines is 1. The average Bonchev–Trinajstić information content (AvgIpc) is 3.26. The van der Waals surface area contributed by atoms with Crippen LogP contribution in [0.2, 0.25) is 0 Å². The molecule has 2 aliphatic rings. The summed E-state index contributed by atoms with van der Waals surface area (Å²) in [5.41, 5.74) is 8.77. The first kappa shape index (κ1) is 13.8. The summed E-state index contributed by atoms with van der Waals surface area (Å²) in [6, 6.07) is 4.27. The molecule has 0 spiro atoms. The van der Waals surface area contributed by atoms with Crippen LogP contribution in [-0.4, -0.2) is 37.1 Å². The molecule has 0 amide bonds. The molecule has 0 bridgehead atoms. The quantitative estimate of drug-likeness (QED) is 0.921. The first-order chi connectivity index (χ1) is 9.56. The zero-order valence-electron chi connectivity index (χ0n) is 12.4. The van der Waals surface area contributed by atoms with Crippen molar-refractivity contribution < 1.29 is 4.39 Å². The van der Waals surface area contributed by atoms with Gasteiger partial charge < -0.3 is 10.6 Å². The molecular formula is C16H24FN3. The molecular weight excluding hydrogens is 253 g/mol. The Morgan fingerprint density at radius 1 is 1.20 bits per heavy atom. The fourth-order valence-electron chi connectivity index (χ4n) is 3.09. The zero-order valence-corrected chi connectivity index (χ0v) is 12.4. The van der Waals surface area contributed by atoms with Crippen LogP contribution in [-0.2, 0) is 0 Å². The van der Waals surface area contributed by atoms with Gasteiger partial charge in [-0.25, -0.2) is 4.39 Å². The SMILES string of the molecule is Cc1cc(N2CCN(C3CC3)CC2)c(C(C)N)cc1F. The van der Waals surface area contributed by atoms with Gasteiger partial charge in [0.1, 0.15) is 5.82 Å². The maximum atomic E-state index is 13.8. The van der Waals surface area contributed by atoms with Crippen molar-refractivity contribution in [3.8, 4) is 0 Å². The highest BCUT2D eigenvalue weighted by Crippen LogP contribution is 2.32. The van der Waals surface area contributed by atoms with Crippen LogP contribution in [0.15, 0.2) is 12.1 Å². The Morgan fingerprint density at radius 2 is 1.85 bits per heavy atom. The number of nitrogens with zero attached hydrogens (tertiary/aromatic N) is 2. The molecule has 1 aromatic carbocycles. The lowest BCUT2D eigenvalue weighted by Crippen LogP contribution is -2.47. The van der Waals surface area contributed by atoms with E-state index in [1.54, 1.807) is 6.07 Å². The predicted molar refractivity (Wildman–Crippen MR) is 80.5 cm³/mol. The van der Waals surface area contributed by atoms with E-state index < -0.39 is 0 Å². The minimum absolute atomic E-state index is 0.137. The topological polar surface area (TPSA) is 32.5 Å². The lowest BCUT2D eigenvalue weighted by atomic mass is 10.0. The molecule has 20 heavy (non-hydrogen) atoms. The lowest BCUT2D eigenvalue weighted by molar-refractivity contribution is 0.248. The van der Waals surface area contributed by atoms with Gasteiger partial charge in [0.25, 0.3) is 0 Å². The highest BCUT2D eigenvalue weighted by Gasteiger charge is 2.31. The molecule has 1 aliphatic heterocycles. The van der Waals surface area contributed by atoms with Crippen LogP contribution < -0.4 is 10.6 Å². The highest BCUT2D eigenvalue weighted by atomic mass is 19.1. The minimum Gasteiger partial charge on any atom is -0.369 e. The Balaban J connectivity index is 1.80. The third-order valence-corrected chi connectivity index (χ3v) is 4.52. The normalized spacial score (nSPS) is 22.1. The number of rotatable bonds is 3. The Labute approximate surface area is 120 Å². The lowest BCUT2D eigenvalue weighted by Gasteiger charge is -2.37. The molecule has 0 radical (unpaired) electrons. The van der Waals surface area contributed by atoms with Crippen LogP contribution in [0, 0.1) is 12.7 Å². The van der Waals surface area contributed by atoms with E-state index in [0.29, 0.717) is 5.56 Å². The van der Waals surface area contributed by atoms with Gasteiger partial charge in [-0.1, -0.05) is 0 Å². The van der Waals surface area contributed by atoms with Gasteiger partial charge in [-0.3, -0.25) is 4.90 Å². The smallest absolute Gasteiger partial charge is 0.126 e. The van der Waals surface area contributed by atoms with E-state index in [1.165, 1.54) is 12.8 Å². The van der Waals surface area contributed by atoms with Crippen molar-refractivity contribution in [2.75, 3.05) is 31.1 Å². The number of hydrogen-bond donors (Lipinski definition) is 1. The van der Waals surface area contributed by atoms with Crippen LogP contribution in [0.4, 0.5) is 10.1 Å². The molecule has 3 rings (SSSR count). The van der Waals surface area contributed by atoms with E-state index in [1.807, 2.05) is 19.9 Å². The molecule has 1 aliphatic carbocycles. The van der Waals surface area contributed by atoms with Crippen molar-refractivity contribution in [2.45, 2.75) is 38.8 Å². The van der Waals surface area contributed by atoms with Gasteiger partial charge in [-0.2, -0.15) is 0 Å². The number of benzene rings is 1. The summed E-state index contributed by atoms with van der Waals surface area (Å²) in [5.74, 6) is -0.155. The van der Waals surface area contributed by atoms with Gasteiger partial charge in [-0.15, -0.1) is 0 Å². The second kappa shape index (κ2) is 5.34. The van der Waals surface area contributed by atoms with Crippen LogP contribution in [0.25, 0.3) is 0 Å². The summed E-state index contributed by atoms with van der Waals surface area (Å²) >= 11 is 0. The second-order valence-corrected chi connectivity index (χ2v) is 6.20. The maximum Gasteiger partial charge on any atom is 0.126 e. The Morgan fingerprint density at radius 3 is 2.40 bits per heavy atom. The van der Waals surface area contributed by atoms with Gasteiger partial charge in [0.15, 0.2) is 0 Å². The first-order valence-electron chi connectivity index (χ1n) is 7.61. The van der Waals surface area contributed by atoms with Crippen molar-refractivity contribution >= 4 is 5.69 Å². The second-order valence-electron chi connectivity index (χ2n) is 6.20. The van der Waals surface area contributed by atoms with Crippen LogP contribution in [0.5, 0.6) is 0 Å². The standard InChI is InChI=1S/C16H24FN3/c1-11-9-16(14(12(2)18)10-15(11)17)20-7-5-19(6-8-20)13-3-4-13/h9-10,12-13H,3-8,18H2,1-2H3. The molecule has 2 N–H and O–H groups in total. The number of piperazine rings is 1. The Kier molecular flexibility index (Phi) is 3.69. The molecule has 1 saturated carbocycles. The van der Waals surface area contributed by atoms with Crippen LogP contribution >= 0.6 is 0 Å². The Hall–Kier alpha value is -1.13. The van der Waals surface area contributed by atoms with E-state index >= 15 is 0 Å². The van der Waals surface area contributed by atoms with Gasteiger partial charge in [0, 0.05) is 44.0 Å². The third kappa shape index (κ3) is 2.67. The van der Waals surface area contributed by atoms with E-state index in [-0.39, 0.29) is 11.9 Å². The van der Waals surface area contributed by atoms with Gasteiger partial charge in [0.2, 0.25) is 0 Å². The summed E-state index contributed by atoms with van der Waals surface area (Å²) in [6.07, 6.45) is 2.72. The van der Waals surface area contributed by atoms with E-state index in [4.69, 9.17) is 5.73 Å². The largest absolute Gasteiger partial charge is 0.369 e. The fourth-order valence-corrected chi connectivity index (χ4v) is 3.09. The molecule has 1 saturated heterocycles. The number of aryl methyl sites for hydroxylation is 1. The van der Waals surface area contributed by atoms with Gasteiger partial charge >= 0.3 is 0 Å². The van der Waals surface area contributed by atoms with Crippen molar-refractivity contribution in [1.82, 2.24) is 4.90 Å². The predicted octanol–water partition coefficient (Wildman–Crippen LogP) is 2.44.